The van der Waals surface area contributed by atoms with Crippen LogP contribution in [0.15, 0.2) is 0 Å². The van der Waals surface area contributed by atoms with Crippen LogP contribution in [0.2, 0.25) is 0 Å². The lowest BCUT2D eigenvalue weighted by atomic mass is 9.97. The fraction of sp³-hybridized carbons (Fsp3) is 0.625. The Balaban J connectivity index is 1.70. The molecule has 0 amide bonds. The fourth-order valence-electron chi connectivity index (χ4n) is 3.41. The molecule has 1 N–H and O–H groups in total. The third kappa shape index (κ3) is 2.53. The van der Waals surface area contributed by atoms with E-state index in [1.54, 1.807) is 0 Å². The highest BCUT2D eigenvalue weighted by Crippen LogP contribution is 2.38. The van der Waals surface area contributed by atoms with Gasteiger partial charge in [-0.05, 0) is 51.0 Å². The van der Waals surface area contributed by atoms with E-state index in [9.17, 15) is 0 Å². The number of fused-ring (bicyclic) bond motifs is 3. The van der Waals surface area contributed by atoms with E-state index in [-0.39, 0.29) is 0 Å². The highest BCUT2D eigenvalue weighted by atomic mass is 32.1. The Hall–Kier alpha value is -1.20. The highest BCUT2D eigenvalue weighted by molar-refractivity contribution is 7.19. The van der Waals surface area contributed by atoms with Gasteiger partial charge in [0.15, 0.2) is 0 Å². The van der Waals surface area contributed by atoms with Crippen molar-refractivity contribution in [2.75, 3.05) is 18.5 Å². The molecule has 2 aliphatic rings. The van der Waals surface area contributed by atoms with Crippen molar-refractivity contribution in [1.82, 2.24) is 9.97 Å². The molecule has 2 aromatic heterocycles. The van der Waals surface area contributed by atoms with Gasteiger partial charge in [0.05, 0.1) is 11.5 Å². The van der Waals surface area contributed by atoms with Gasteiger partial charge in [-0.1, -0.05) is 0 Å². The molecule has 1 aliphatic heterocycles. The lowest BCUT2D eigenvalue weighted by molar-refractivity contribution is 0.120. The molecule has 1 aliphatic carbocycles. The lowest BCUT2D eigenvalue weighted by Gasteiger charge is -2.15. The second-order valence-electron chi connectivity index (χ2n) is 6.03. The molecule has 5 heteroatoms. The Morgan fingerprint density at radius 1 is 1.24 bits per heavy atom. The number of ether oxygens (including phenoxy) is 1. The molecule has 4 nitrogen and oxygen atoms in total. The monoisotopic (exact) mass is 303 g/mol. The van der Waals surface area contributed by atoms with E-state index >= 15 is 0 Å². The molecule has 4 rings (SSSR count). The summed E-state index contributed by atoms with van der Waals surface area (Å²) >= 11 is 1.86. The molecule has 1 fully saturated rings. The molecule has 2 aromatic rings. The van der Waals surface area contributed by atoms with Crippen LogP contribution in [0.3, 0.4) is 0 Å². The number of hydrogen-bond acceptors (Lipinski definition) is 5. The number of thiophene rings is 1. The largest absolute Gasteiger partial charge is 0.376 e. The molecule has 3 heterocycles. The summed E-state index contributed by atoms with van der Waals surface area (Å²) in [5.41, 5.74) is 1.50. The second-order valence-corrected chi connectivity index (χ2v) is 7.11. The van der Waals surface area contributed by atoms with Crippen molar-refractivity contribution in [3.8, 4) is 0 Å². The molecule has 112 valence electrons. The first-order valence-electron chi connectivity index (χ1n) is 7.95. The third-order valence-electron chi connectivity index (χ3n) is 4.45. The van der Waals surface area contributed by atoms with Gasteiger partial charge < -0.3 is 10.1 Å². The number of aromatic nitrogens is 2. The van der Waals surface area contributed by atoms with Crippen molar-refractivity contribution in [3.63, 3.8) is 0 Å². The molecule has 0 bridgehead atoms. The van der Waals surface area contributed by atoms with E-state index in [1.807, 2.05) is 18.3 Å². The maximum absolute atomic E-state index is 5.71. The van der Waals surface area contributed by atoms with Gasteiger partial charge >= 0.3 is 0 Å². The van der Waals surface area contributed by atoms with Crippen molar-refractivity contribution in [1.29, 1.82) is 0 Å². The van der Waals surface area contributed by atoms with Crippen molar-refractivity contribution in [2.24, 2.45) is 0 Å². The predicted molar refractivity (Wildman–Crippen MR) is 86.3 cm³/mol. The van der Waals surface area contributed by atoms with Crippen LogP contribution in [-0.4, -0.2) is 29.2 Å². The molecule has 1 saturated heterocycles. The van der Waals surface area contributed by atoms with Gasteiger partial charge in [0, 0.05) is 18.0 Å². The average molecular weight is 303 g/mol. The van der Waals surface area contributed by atoms with Gasteiger partial charge in [-0.3, -0.25) is 0 Å². The Bertz CT molecular complexity index is 661. The fourth-order valence-corrected chi connectivity index (χ4v) is 4.71. The quantitative estimate of drug-likeness (QED) is 0.943. The van der Waals surface area contributed by atoms with E-state index < -0.39 is 0 Å². The smallest absolute Gasteiger partial charge is 0.138 e. The molecular formula is C16H21N3OS. The zero-order chi connectivity index (χ0) is 14.2. The number of rotatable bonds is 3. The van der Waals surface area contributed by atoms with Gasteiger partial charge in [0.25, 0.3) is 0 Å². The summed E-state index contributed by atoms with van der Waals surface area (Å²) in [6.45, 7) is 3.74. The zero-order valence-corrected chi connectivity index (χ0v) is 13.3. The molecule has 21 heavy (non-hydrogen) atoms. The van der Waals surface area contributed by atoms with Crippen LogP contribution in [0, 0.1) is 6.92 Å². The zero-order valence-electron chi connectivity index (χ0n) is 12.4. The molecule has 0 radical (unpaired) electrons. The Morgan fingerprint density at radius 2 is 2.14 bits per heavy atom. The first kappa shape index (κ1) is 13.5. The minimum absolute atomic E-state index is 0.338. The summed E-state index contributed by atoms with van der Waals surface area (Å²) in [4.78, 5) is 12.0. The van der Waals surface area contributed by atoms with Gasteiger partial charge in [0.1, 0.15) is 16.5 Å². The van der Waals surface area contributed by atoms with E-state index in [0.29, 0.717) is 6.10 Å². The number of hydrogen-bond donors (Lipinski definition) is 1. The van der Waals surface area contributed by atoms with Crippen LogP contribution < -0.4 is 5.32 Å². The van der Waals surface area contributed by atoms with Crippen molar-refractivity contribution < 1.29 is 4.74 Å². The van der Waals surface area contributed by atoms with Crippen LogP contribution >= 0.6 is 11.3 Å². The standard InChI is InChI=1S/C16H21N3OS/c1-10-18-15(17-9-11-5-4-8-20-11)14-12-6-2-3-7-13(12)21-16(14)19-10/h11H,2-9H2,1H3,(H,17,18,19). The predicted octanol–water partition coefficient (Wildman–Crippen LogP) is 3.47. The van der Waals surface area contributed by atoms with E-state index in [0.717, 1.165) is 36.0 Å². The lowest BCUT2D eigenvalue weighted by Crippen LogP contribution is -2.19. The molecule has 0 spiro atoms. The number of nitrogens with one attached hydrogen (secondary N) is 1. The summed E-state index contributed by atoms with van der Waals surface area (Å²) < 4.78 is 5.71. The summed E-state index contributed by atoms with van der Waals surface area (Å²) in [6.07, 6.45) is 7.66. The van der Waals surface area contributed by atoms with Crippen LogP contribution in [0.4, 0.5) is 5.82 Å². The van der Waals surface area contributed by atoms with Gasteiger partial charge in [-0.15, -0.1) is 11.3 Å². The summed E-state index contributed by atoms with van der Waals surface area (Å²) in [6, 6.07) is 0. The van der Waals surface area contributed by atoms with Crippen molar-refractivity contribution in [3.05, 3.63) is 16.3 Å². The normalized spacial score (nSPS) is 21.7. The molecule has 1 unspecified atom stereocenters. The van der Waals surface area contributed by atoms with Crippen LogP contribution in [0.25, 0.3) is 10.2 Å². The van der Waals surface area contributed by atoms with Gasteiger partial charge in [-0.2, -0.15) is 0 Å². The summed E-state index contributed by atoms with van der Waals surface area (Å²) in [5.74, 6) is 1.88. The Morgan fingerprint density at radius 3 is 3.00 bits per heavy atom. The highest BCUT2D eigenvalue weighted by Gasteiger charge is 2.21. The molecule has 0 saturated carbocycles. The van der Waals surface area contributed by atoms with Crippen LogP contribution in [0.5, 0.6) is 0 Å². The molecule has 0 aromatic carbocycles. The first-order chi connectivity index (χ1) is 10.3. The van der Waals surface area contributed by atoms with Crippen molar-refractivity contribution >= 4 is 27.4 Å². The average Bonchev–Trinajstić information content (AvgIpc) is 3.11. The minimum Gasteiger partial charge on any atom is -0.376 e. The third-order valence-corrected chi connectivity index (χ3v) is 5.63. The Kier molecular flexibility index (Phi) is 3.55. The Labute approximate surface area is 128 Å². The minimum atomic E-state index is 0.338. The second kappa shape index (κ2) is 5.54. The van der Waals surface area contributed by atoms with Crippen LogP contribution in [-0.2, 0) is 17.6 Å². The maximum Gasteiger partial charge on any atom is 0.138 e. The van der Waals surface area contributed by atoms with E-state index in [4.69, 9.17) is 4.74 Å². The SMILES string of the molecule is Cc1nc(NCC2CCCO2)c2c3c(sc2n1)CCCC3. The number of nitrogens with zero attached hydrogens (tertiary/aromatic N) is 2. The van der Waals surface area contributed by atoms with E-state index in [2.05, 4.69) is 15.3 Å². The summed E-state index contributed by atoms with van der Waals surface area (Å²) in [7, 11) is 0. The first-order valence-corrected chi connectivity index (χ1v) is 8.77. The van der Waals surface area contributed by atoms with Gasteiger partial charge in [-0.25, -0.2) is 9.97 Å². The van der Waals surface area contributed by atoms with Crippen LogP contribution in [0.1, 0.15) is 41.9 Å². The van der Waals surface area contributed by atoms with Gasteiger partial charge in [0.2, 0.25) is 0 Å². The topological polar surface area (TPSA) is 47.0 Å². The number of anilines is 1. The summed E-state index contributed by atoms with van der Waals surface area (Å²) in [5, 5.41) is 4.81. The maximum atomic E-state index is 5.71. The van der Waals surface area contributed by atoms with E-state index in [1.165, 1.54) is 47.9 Å². The van der Waals surface area contributed by atoms with Crippen molar-refractivity contribution in [2.45, 2.75) is 51.6 Å². The molecular weight excluding hydrogens is 282 g/mol. The molecule has 1 atom stereocenters. The number of aryl methyl sites for hydroxylation is 3.